The molecule has 162 valence electrons. The Kier molecular flexibility index (Phi) is 17.5. The minimum atomic E-state index is -1.21. The van der Waals surface area contributed by atoms with Crippen molar-refractivity contribution in [1.82, 2.24) is 4.90 Å². The third kappa shape index (κ3) is 15.4. The van der Waals surface area contributed by atoms with Gasteiger partial charge in [-0.2, -0.15) is 0 Å². The molecule has 0 aromatic heterocycles. The van der Waals surface area contributed by atoms with Gasteiger partial charge in [0.05, 0.1) is 6.54 Å². The van der Waals surface area contributed by atoms with Crippen LogP contribution in [0, 0.1) is 0 Å². The summed E-state index contributed by atoms with van der Waals surface area (Å²) >= 11 is 0. The maximum atomic E-state index is 12.0. The molecule has 0 radical (unpaired) electrons. The van der Waals surface area contributed by atoms with Crippen molar-refractivity contribution in [2.75, 3.05) is 13.1 Å². The van der Waals surface area contributed by atoms with Gasteiger partial charge in [-0.15, -0.1) is 0 Å². The first kappa shape index (κ1) is 26.3. The van der Waals surface area contributed by atoms with Crippen molar-refractivity contribution in [3.05, 3.63) is 12.2 Å². The van der Waals surface area contributed by atoms with Gasteiger partial charge in [-0.05, 0) is 32.1 Å². The topological polar surface area (TPSA) is 101 Å². The number of imide groups is 1. The molecule has 0 atom stereocenters. The molecule has 0 saturated carbocycles. The third-order valence-corrected chi connectivity index (χ3v) is 4.72. The standard InChI is InChI=1S/C22H40N2O4/c1-2-3-4-5-6-7-8-9-10-11-12-13-14-15-16-17-20(25)24(19-22(27)28)21(26)18-23/h9-10H,2-8,11-19,23H2,1H3,(H,27,28). The van der Waals surface area contributed by atoms with Gasteiger partial charge < -0.3 is 10.8 Å². The van der Waals surface area contributed by atoms with E-state index in [1.54, 1.807) is 0 Å². The first-order valence-corrected chi connectivity index (χ1v) is 10.9. The van der Waals surface area contributed by atoms with Crippen molar-refractivity contribution in [3.8, 4) is 0 Å². The fourth-order valence-electron chi connectivity index (χ4n) is 3.04. The second kappa shape index (κ2) is 18.7. The molecule has 0 heterocycles. The summed E-state index contributed by atoms with van der Waals surface area (Å²) < 4.78 is 0. The molecule has 3 N–H and O–H groups in total. The first-order valence-electron chi connectivity index (χ1n) is 10.9. The number of hydrogen-bond acceptors (Lipinski definition) is 4. The fraction of sp³-hybridized carbons (Fsp3) is 0.773. The molecule has 0 spiro atoms. The highest BCUT2D eigenvalue weighted by Crippen LogP contribution is 2.10. The van der Waals surface area contributed by atoms with Crippen LogP contribution in [0.15, 0.2) is 12.2 Å². The highest BCUT2D eigenvalue weighted by Gasteiger charge is 2.22. The highest BCUT2D eigenvalue weighted by atomic mass is 16.4. The van der Waals surface area contributed by atoms with Crippen molar-refractivity contribution in [3.63, 3.8) is 0 Å². The summed E-state index contributed by atoms with van der Waals surface area (Å²) in [6, 6.07) is 0. The van der Waals surface area contributed by atoms with Gasteiger partial charge in [-0.25, -0.2) is 0 Å². The zero-order valence-corrected chi connectivity index (χ0v) is 17.7. The Morgan fingerprint density at radius 2 is 1.29 bits per heavy atom. The monoisotopic (exact) mass is 396 g/mol. The molecule has 0 aliphatic carbocycles. The lowest BCUT2D eigenvalue weighted by Crippen LogP contribution is -2.43. The number of nitrogens with two attached hydrogens (primary N) is 1. The van der Waals surface area contributed by atoms with E-state index in [2.05, 4.69) is 19.1 Å². The maximum absolute atomic E-state index is 12.0. The molecular formula is C22H40N2O4. The second-order valence-corrected chi connectivity index (χ2v) is 7.31. The van der Waals surface area contributed by atoms with Gasteiger partial charge in [0.2, 0.25) is 11.8 Å². The molecule has 0 fully saturated rings. The molecule has 0 rings (SSSR count). The molecular weight excluding hydrogens is 356 g/mol. The van der Waals surface area contributed by atoms with E-state index >= 15 is 0 Å². The van der Waals surface area contributed by atoms with Crippen LogP contribution < -0.4 is 5.73 Å². The quantitative estimate of drug-likeness (QED) is 0.264. The number of allylic oxidation sites excluding steroid dienone is 2. The van der Waals surface area contributed by atoms with Gasteiger partial charge in [0.25, 0.3) is 0 Å². The molecule has 0 aromatic rings. The number of carbonyl (C=O) groups is 3. The van der Waals surface area contributed by atoms with Gasteiger partial charge in [0.15, 0.2) is 0 Å². The molecule has 2 amide bonds. The van der Waals surface area contributed by atoms with E-state index in [0.29, 0.717) is 6.42 Å². The van der Waals surface area contributed by atoms with Gasteiger partial charge in [-0.1, -0.05) is 70.4 Å². The van der Waals surface area contributed by atoms with E-state index in [1.807, 2.05) is 0 Å². The van der Waals surface area contributed by atoms with Crippen molar-refractivity contribution >= 4 is 17.8 Å². The maximum Gasteiger partial charge on any atom is 0.323 e. The largest absolute Gasteiger partial charge is 0.480 e. The van der Waals surface area contributed by atoms with Crippen LogP contribution in [-0.4, -0.2) is 40.9 Å². The van der Waals surface area contributed by atoms with Crippen LogP contribution >= 0.6 is 0 Å². The second-order valence-electron chi connectivity index (χ2n) is 7.31. The van der Waals surface area contributed by atoms with Crippen LogP contribution in [0.1, 0.15) is 96.8 Å². The average Bonchev–Trinajstić information content (AvgIpc) is 2.68. The zero-order valence-electron chi connectivity index (χ0n) is 17.7. The molecule has 0 saturated heterocycles. The van der Waals surface area contributed by atoms with Gasteiger partial charge >= 0.3 is 5.97 Å². The van der Waals surface area contributed by atoms with E-state index in [1.165, 1.54) is 44.9 Å². The van der Waals surface area contributed by atoms with Crippen molar-refractivity contribution < 1.29 is 19.5 Å². The van der Waals surface area contributed by atoms with Crippen LogP contribution in [0.3, 0.4) is 0 Å². The van der Waals surface area contributed by atoms with E-state index in [9.17, 15) is 14.4 Å². The normalized spacial score (nSPS) is 11.1. The van der Waals surface area contributed by atoms with Gasteiger partial charge in [0.1, 0.15) is 6.54 Å². The minimum absolute atomic E-state index is 0.192. The average molecular weight is 397 g/mol. The third-order valence-electron chi connectivity index (χ3n) is 4.72. The number of rotatable bonds is 18. The molecule has 0 bridgehead atoms. The Morgan fingerprint density at radius 3 is 1.79 bits per heavy atom. The summed E-state index contributed by atoms with van der Waals surface area (Å²) in [5.74, 6) is -2.30. The number of carboxylic acids is 1. The summed E-state index contributed by atoms with van der Waals surface area (Å²) in [5, 5.41) is 8.79. The zero-order chi connectivity index (χ0) is 21.0. The lowest BCUT2D eigenvalue weighted by molar-refractivity contribution is -0.152. The molecule has 0 aliphatic heterocycles. The number of amides is 2. The number of carboxylic acid groups (broad SMARTS) is 1. The smallest absolute Gasteiger partial charge is 0.323 e. The number of unbranched alkanes of at least 4 members (excludes halogenated alkanes) is 11. The molecule has 0 unspecified atom stereocenters. The van der Waals surface area contributed by atoms with Crippen molar-refractivity contribution in [1.29, 1.82) is 0 Å². The minimum Gasteiger partial charge on any atom is -0.480 e. The number of aliphatic carboxylic acids is 1. The van der Waals surface area contributed by atoms with Crippen LogP contribution in [0.5, 0.6) is 0 Å². The molecule has 28 heavy (non-hydrogen) atoms. The number of nitrogens with zero attached hydrogens (tertiary/aromatic N) is 1. The van der Waals surface area contributed by atoms with E-state index < -0.39 is 24.3 Å². The molecule has 6 nitrogen and oxygen atoms in total. The number of carbonyl (C=O) groups excluding carboxylic acids is 2. The Hall–Kier alpha value is -1.69. The lowest BCUT2D eigenvalue weighted by atomic mass is 10.1. The fourth-order valence-corrected chi connectivity index (χ4v) is 3.04. The predicted molar refractivity (Wildman–Crippen MR) is 113 cm³/mol. The summed E-state index contributed by atoms with van der Waals surface area (Å²) in [6.45, 7) is 1.27. The predicted octanol–water partition coefficient (Wildman–Crippen LogP) is 4.42. The summed E-state index contributed by atoms with van der Waals surface area (Å²) in [6.07, 6.45) is 20.0. The van der Waals surface area contributed by atoms with Crippen LogP contribution in [-0.2, 0) is 14.4 Å². The Morgan fingerprint density at radius 1 is 0.786 bits per heavy atom. The van der Waals surface area contributed by atoms with Crippen LogP contribution in [0.25, 0.3) is 0 Å². The Balaban J connectivity index is 3.62. The van der Waals surface area contributed by atoms with Crippen LogP contribution in [0.2, 0.25) is 0 Å². The van der Waals surface area contributed by atoms with Crippen molar-refractivity contribution in [2.45, 2.75) is 96.8 Å². The number of hydrogen-bond donors (Lipinski definition) is 2. The molecule has 6 heteroatoms. The highest BCUT2D eigenvalue weighted by molar-refractivity contribution is 5.98. The van der Waals surface area contributed by atoms with Gasteiger partial charge in [0, 0.05) is 6.42 Å². The SMILES string of the molecule is CCCCCCCCC=CCCCCCCCC(=O)N(CC(=O)O)C(=O)CN. The Labute approximate surface area is 170 Å². The summed E-state index contributed by atoms with van der Waals surface area (Å²) in [4.78, 5) is 35.1. The summed E-state index contributed by atoms with van der Waals surface area (Å²) in [7, 11) is 0. The lowest BCUT2D eigenvalue weighted by Gasteiger charge is -2.17. The van der Waals surface area contributed by atoms with E-state index in [-0.39, 0.29) is 13.0 Å². The molecule has 0 aliphatic rings. The Bertz CT molecular complexity index is 463. The summed E-state index contributed by atoms with van der Waals surface area (Å²) in [5.41, 5.74) is 5.23. The van der Waals surface area contributed by atoms with Crippen LogP contribution in [0.4, 0.5) is 0 Å². The van der Waals surface area contributed by atoms with E-state index in [0.717, 1.165) is 37.0 Å². The first-order chi connectivity index (χ1) is 13.5. The van der Waals surface area contributed by atoms with E-state index in [4.69, 9.17) is 10.8 Å². The molecule has 0 aromatic carbocycles. The van der Waals surface area contributed by atoms with Gasteiger partial charge in [-0.3, -0.25) is 19.3 Å². The van der Waals surface area contributed by atoms with Crippen molar-refractivity contribution in [2.24, 2.45) is 5.73 Å².